The second kappa shape index (κ2) is 9.49. The van der Waals surface area contributed by atoms with E-state index in [0.29, 0.717) is 34.4 Å². The number of rotatable bonds is 6. The van der Waals surface area contributed by atoms with Crippen LogP contribution in [0.25, 0.3) is 17.0 Å². The second-order valence-corrected chi connectivity index (χ2v) is 8.81. The molecule has 7 heteroatoms. The van der Waals surface area contributed by atoms with Gasteiger partial charge >= 0.3 is 0 Å². The Morgan fingerprint density at radius 2 is 1.85 bits per heavy atom. The zero-order valence-electron chi connectivity index (χ0n) is 18.6. The first-order valence-electron chi connectivity index (χ1n) is 10.9. The molecule has 2 N–H and O–H groups in total. The Morgan fingerprint density at radius 1 is 1.06 bits per heavy atom. The highest BCUT2D eigenvalue weighted by Crippen LogP contribution is 2.37. The Kier molecular flexibility index (Phi) is 6.10. The van der Waals surface area contributed by atoms with Crippen LogP contribution in [0.2, 0.25) is 0 Å². The van der Waals surface area contributed by atoms with E-state index in [9.17, 15) is 9.90 Å². The van der Waals surface area contributed by atoms with Crippen LogP contribution in [0.5, 0.6) is 11.5 Å². The zero-order chi connectivity index (χ0) is 23.5. The molecular weight excluding hydrogens is 446 g/mol. The molecule has 1 aromatic heterocycles. The predicted molar refractivity (Wildman–Crippen MR) is 137 cm³/mol. The lowest BCUT2D eigenvalue weighted by atomic mass is 10.1. The van der Waals surface area contributed by atoms with Gasteiger partial charge in [0, 0.05) is 29.2 Å². The molecule has 1 fully saturated rings. The number of carbonyl (C=O) groups excluding carboxylic acids is 1. The van der Waals surface area contributed by atoms with E-state index in [-0.39, 0.29) is 11.7 Å². The molecule has 0 aliphatic carbocycles. The van der Waals surface area contributed by atoms with Gasteiger partial charge in [-0.1, -0.05) is 48.5 Å². The number of ether oxygens (including phenoxy) is 1. The summed E-state index contributed by atoms with van der Waals surface area (Å²) in [6.07, 6.45) is 4.37. The fourth-order valence-electron chi connectivity index (χ4n) is 3.93. The lowest BCUT2D eigenvalue weighted by Gasteiger charge is -2.15. The van der Waals surface area contributed by atoms with Gasteiger partial charge in [0.2, 0.25) is 0 Å². The van der Waals surface area contributed by atoms with Gasteiger partial charge in [-0.3, -0.25) is 9.69 Å². The smallest absolute Gasteiger partial charge is 0.266 e. The van der Waals surface area contributed by atoms with Gasteiger partial charge in [0.05, 0.1) is 17.7 Å². The number of methoxy groups -OCH3 is 1. The number of thioether (sulfide) groups is 1. The molecule has 1 aliphatic heterocycles. The number of phenols is 1. The van der Waals surface area contributed by atoms with Crippen LogP contribution < -0.4 is 4.74 Å². The first-order chi connectivity index (χ1) is 16.6. The molecule has 0 saturated carbocycles. The van der Waals surface area contributed by atoms with Crippen LogP contribution in [0.4, 0.5) is 5.69 Å². The summed E-state index contributed by atoms with van der Waals surface area (Å²) < 4.78 is 5.21. The highest BCUT2D eigenvalue weighted by Gasteiger charge is 2.33. The molecule has 0 atom stereocenters. The number of amidine groups is 1. The van der Waals surface area contributed by atoms with Crippen LogP contribution in [0.1, 0.15) is 11.1 Å². The second-order valence-electron chi connectivity index (χ2n) is 7.80. The Hall–Kier alpha value is -3.97. The van der Waals surface area contributed by atoms with E-state index >= 15 is 0 Å². The van der Waals surface area contributed by atoms with Crippen molar-refractivity contribution in [2.45, 2.75) is 6.42 Å². The Labute approximate surface area is 201 Å². The van der Waals surface area contributed by atoms with Crippen molar-refractivity contribution >= 4 is 45.5 Å². The van der Waals surface area contributed by atoms with Crippen LogP contribution in [-0.2, 0) is 11.2 Å². The number of nitrogens with zero attached hydrogens (tertiary/aromatic N) is 2. The summed E-state index contributed by atoms with van der Waals surface area (Å²) in [5.41, 5.74) is 3.52. The van der Waals surface area contributed by atoms with Crippen molar-refractivity contribution in [3.8, 4) is 11.5 Å². The van der Waals surface area contributed by atoms with Crippen molar-refractivity contribution in [1.29, 1.82) is 0 Å². The summed E-state index contributed by atoms with van der Waals surface area (Å²) in [6.45, 7) is 0.487. The molecule has 0 radical (unpaired) electrons. The molecule has 4 aromatic rings. The summed E-state index contributed by atoms with van der Waals surface area (Å²) in [7, 11) is 1.50. The average Bonchev–Trinajstić information content (AvgIpc) is 3.40. The van der Waals surface area contributed by atoms with Crippen LogP contribution in [0.3, 0.4) is 0 Å². The molecule has 1 saturated heterocycles. The van der Waals surface area contributed by atoms with Crippen LogP contribution >= 0.6 is 11.8 Å². The van der Waals surface area contributed by atoms with Gasteiger partial charge in [0.25, 0.3) is 5.91 Å². The Balaban J connectivity index is 1.47. The van der Waals surface area contributed by atoms with Gasteiger partial charge < -0.3 is 14.8 Å². The first kappa shape index (κ1) is 21.9. The fourth-order valence-corrected chi connectivity index (χ4v) is 4.95. The summed E-state index contributed by atoms with van der Waals surface area (Å²) in [6, 6.07) is 22.9. The number of aromatic hydroxyl groups is 1. The Bertz CT molecular complexity index is 1410. The maximum Gasteiger partial charge on any atom is 0.266 e. The van der Waals surface area contributed by atoms with E-state index in [1.54, 1.807) is 29.2 Å². The van der Waals surface area contributed by atoms with Crippen molar-refractivity contribution in [1.82, 2.24) is 9.88 Å². The lowest BCUT2D eigenvalue weighted by molar-refractivity contribution is -0.122. The number of hydrogen-bond donors (Lipinski definition) is 2. The minimum Gasteiger partial charge on any atom is -0.504 e. The van der Waals surface area contributed by atoms with E-state index < -0.39 is 0 Å². The van der Waals surface area contributed by atoms with Gasteiger partial charge in [-0.15, -0.1) is 0 Å². The summed E-state index contributed by atoms with van der Waals surface area (Å²) in [5, 5.41) is 12.3. The van der Waals surface area contributed by atoms with E-state index in [0.717, 1.165) is 22.2 Å². The average molecular weight is 470 g/mol. The van der Waals surface area contributed by atoms with Gasteiger partial charge in [0.15, 0.2) is 16.7 Å². The number of fused-ring (bicyclic) bond motifs is 1. The van der Waals surface area contributed by atoms with Crippen molar-refractivity contribution in [3.05, 3.63) is 95.0 Å². The fraction of sp³-hybridized carbons (Fsp3) is 0.111. The van der Waals surface area contributed by atoms with Gasteiger partial charge in [-0.2, -0.15) is 0 Å². The van der Waals surface area contributed by atoms with Crippen LogP contribution in [0.15, 0.2) is 88.9 Å². The standard InChI is InChI=1S/C27H23N3O3S/c1-33-23-13-7-8-18(25(23)31)16-24-26(32)30(27(34-24)29-20-9-3-2-4-10-20)15-14-19-17-28-22-12-6-5-11-21(19)22/h2-13,16-17,28,31H,14-15H2,1H3. The maximum atomic E-state index is 13.4. The van der Waals surface area contributed by atoms with Gasteiger partial charge in [-0.05, 0) is 54.1 Å². The number of phenolic OH excluding ortho intramolecular Hbond substituents is 1. The molecule has 0 unspecified atom stereocenters. The molecular formula is C27H23N3O3S. The van der Waals surface area contributed by atoms with Crippen LogP contribution in [0, 0.1) is 0 Å². The van der Waals surface area contributed by atoms with Gasteiger partial charge in [0.1, 0.15) is 0 Å². The number of aromatic nitrogens is 1. The van der Waals surface area contributed by atoms with Crippen LogP contribution in [-0.4, -0.2) is 39.7 Å². The minimum absolute atomic E-state index is 0.00434. The molecule has 0 spiro atoms. The van der Waals surface area contributed by atoms with Gasteiger partial charge in [-0.25, -0.2) is 4.99 Å². The largest absolute Gasteiger partial charge is 0.504 e. The third-order valence-corrected chi connectivity index (χ3v) is 6.69. The first-order valence-corrected chi connectivity index (χ1v) is 11.7. The molecule has 34 heavy (non-hydrogen) atoms. The van der Waals surface area contributed by atoms with E-state index in [2.05, 4.69) is 11.1 Å². The predicted octanol–water partition coefficient (Wildman–Crippen LogP) is 5.73. The topological polar surface area (TPSA) is 77.9 Å². The molecule has 1 amide bonds. The van der Waals surface area contributed by atoms with E-state index in [1.807, 2.05) is 54.7 Å². The van der Waals surface area contributed by atoms with E-state index in [4.69, 9.17) is 9.73 Å². The third kappa shape index (κ3) is 4.30. The summed E-state index contributed by atoms with van der Waals surface area (Å²) >= 11 is 1.31. The number of aliphatic imine (C=N–C) groups is 1. The molecule has 6 nitrogen and oxygen atoms in total. The highest BCUT2D eigenvalue weighted by atomic mass is 32.2. The molecule has 3 aromatic carbocycles. The highest BCUT2D eigenvalue weighted by molar-refractivity contribution is 8.18. The SMILES string of the molecule is COc1cccc(C=C2SC(=Nc3ccccc3)N(CCc3c[nH]c4ccccc34)C2=O)c1O. The Morgan fingerprint density at radius 3 is 2.68 bits per heavy atom. The number of H-pyrrole nitrogens is 1. The minimum atomic E-state index is -0.137. The van der Waals surface area contributed by atoms with Crippen molar-refractivity contribution in [3.63, 3.8) is 0 Å². The number of amides is 1. The summed E-state index contributed by atoms with van der Waals surface area (Å²) in [5.74, 6) is 0.227. The molecule has 2 heterocycles. The maximum absolute atomic E-state index is 13.4. The number of hydrogen-bond acceptors (Lipinski definition) is 5. The quantitative estimate of drug-likeness (QED) is 0.354. The number of benzene rings is 3. The monoisotopic (exact) mass is 469 g/mol. The molecule has 0 bridgehead atoms. The van der Waals surface area contributed by atoms with Crippen molar-refractivity contribution in [2.24, 2.45) is 4.99 Å². The zero-order valence-corrected chi connectivity index (χ0v) is 19.4. The molecule has 1 aliphatic rings. The number of aromatic amines is 1. The number of para-hydroxylation sites is 3. The number of nitrogens with one attached hydrogen (secondary N) is 1. The van der Waals surface area contributed by atoms with E-state index in [1.165, 1.54) is 18.9 Å². The number of carbonyl (C=O) groups is 1. The molecule has 5 rings (SSSR count). The summed E-state index contributed by atoms with van der Waals surface area (Å²) in [4.78, 5) is 23.7. The lowest BCUT2D eigenvalue weighted by Crippen LogP contribution is -2.31. The molecule has 170 valence electrons. The third-order valence-electron chi connectivity index (χ3n) is 5.69. The van der Waals surface area contributed by atoms with Crippen molar-refractivity contribution in [2.75, 3.05) is 13.7 Å². The van der Waals surface area contributed by atoms with Crippen molar-refractivity contribution < 1.29 is 14.6 Å². The normalized spacial score (nSPS) is 16.1.